The summed E-state index contributed by atoms with van der Waals surface area (Å²) in [6, 6.07) is 0.0224. The number of urea groups is 1. The molecule has 0 saturated carbocycles. The van der Waals surface area contributed by atoms with Crippen molar-refractivity contribution >= 4 is 17.7 Å². The molecule has 0 aromatic heterocycles. The second kappa shape index (κ2) is 7.51. The molecule has 1 atom stereocenters. The summed E-state index contributed by atoms with van der Waals surface area (Å²) in [5, 5.41) is 13.1. The second-order valence-corrected chi connectivity index (χ2v) is 4.40. The largest absolute Gasteiger partial charge is 0.481 e. The van der Waals surface area contributed by atoms with E-state index in [1.165, 1.54) is 0 Å². The molecular formula is C13H15F3N2O3. The Kier molecular flexibility index (Phi) is 6.01. The smallest absolute Gasteiger partial charge is 0.319 e. The molecule has 8 heteroatoms. The van der Waals surface area contributed by atoms with Crippen LogP contribution in [0.3, 0.4) is 0 Å². The molecule has 1 rings (SSSR count). The average Bonchev–Trinajstić information content (AvgIpc) is 2.39. The Balaban J connectivity index is 2.72. The summed E-state index contributed by atoms with van der Waals surface area (Å²) in [7, 11) is 0. The molecular weight excluding hydrogens is 289 g/mol. The average molecular weight is 304 g/mol. The molecule has 1 aromatic carbocycles. The van der Waals surface area contributed by atoms with Crippen molar-refractivity contribution in [2.24, 2.45) is 0 Å². The van der Waals surface area contributed by atoms with Crippen LogP contribution in [-0.4, -0.2) is 23.1 Å². The van der Waals surface area contributed by atoms with Crippen LogP contribution in [0.5, 0.6) is 0 Å². The summed E-state index contributed by atoms with van der Waals surface area (Å²) in [4.78, 5) is 22.3. The van der Waals surface area contributed by atoms with Crippen molar-refractivity contribution in [3.8, 4) is 0 Å². The van der Waals surface area contributed by atoms with E-state index in [2.05, 4.69) is 5.32 Å². The van der Waals surface area contributed by atoms with Crippen molar-refractivity contribution in [3.05, 3.63) is 29.6 Å². The predicted molar refractivity (Wildman–Crippen MR) is 69.4 cm³/mol. The maximum absolute atomic E-state index is 13.4. The van der Waals surface area contributed by atoms with Gasteiger partial charge in [0.2, 0.25) is 0 Å². The lowest BCUT2D eigenvalue weighted by molar-refractivity contribution is -0.137. The molecule has 3 N–H and O–H groups in total. The number of anilines is 1. The first-order chi connectivity index (χ1) is 9.85. The van der Waals surface area contributed by atoms with Gasteiger partial charge in [-0.25, -0.2) is 18.0 Å². The zero-order chi connectivity index (χ0) is 16.0. The number of hydrogen-bond donors (Lipinski definition) is 3. The van der Waals surface area contributed by atoms with Crippen LogP contribution in [0.25, 0.3) is 0 Å². The van der Waals surface area contributed by atoms with Gasteiger partial charge in [-0.15, -0.1) is 0 Å². The van der Waals surface area contributed by atoms with Crippen molar-refractivity contribution in [1.82, 2.24) is 5.32 Å². The summed E-state index contributed by atoms with van der Waals surface area (Å²) in [6.07, 6.45) is 0.763. The summed E-state index contributed by atoms with van der Waals surface area (Å²) in [6.45, 7) is 1.81. The lowest BCUT2D eigenvalue weighted by Crippen LogP contribution is -2.39. The first-order valence-electron chi connectivity index (χ1n) is 6.28. The summed E-state index contributed by atoms with van der Waals surface area (Å²) in [5.74, 6) is -5.67. The van der Waals surface area contributed by atoms with Gasteiger partial charge in [0.15, 0.2) is 17.5 Å². The highest BCUT2D eigenvalue weighted by Crippen LogP contribution is 2.19. The van der Waals surface area contributed by atoms with E-state index in [4.69, 9.17) is 5.11 Å². The zero-order valence-electron chi connectivity index (χ0n) is 11.3. The number of aliphatic carboxylic acids is 1. The van der Waals surface area contributed by atoms with Crippen LogP contribution in [0.2, 0.25) is 0 Å². The number of amides is 2. The Morgan fingerprint density at radius 3 is 2.48 bits per heavy atom. The van der Waals surface area contributed by atoms with Gasteiger partial charge in [0.1, 0.15) is 0 Å². The summed E-state index contributed by atoms with van der Waals surface area (Å²) >= 11 is 0. The number of rotatable bonds is 6. The molecule has 0 spiro atoms. The molecule has 0 saturated heterocycles. The molecule has 0 heterocycles. The van der Waals surface area contributed by atoms with Gasteiger partial charge in [0.25, 0.3) is 0 Å². The number of carboxylic acid groups (broad SMARTS) is 1. The highest BCUT2D eigenvalue weighted by Gasteiger charge is 2.18. The molecule has 21 heavy (non-hydrogen) atoms. The fourth-order valence-electron chi connectivity index (χ4n) is 1.75. The monoisotopic (exact) mass is 304 g/mol. The number of carboxylic acids is 1. The number of hydrogen-bond acceptors (Lipinski definition) is 2. The van der Waals surface area contributed by atoms with E-state index in [1.807, 2.05) is 12.2 Å². The molecule has 2 amide bonds. The third kappa shape index (κ3) is 4.97. The van der Waals surface area contributed by atoms with E-state index in [1.54, 1.807) is 0 Å². The van der Waals surface area contributed by atoms with Crippen LogP contribution in [0, 0.1) is 17.5 Å². The molecule has 1 unspecified atom stereocenters. The topological polar surface area (TPSA) is 78.4 Å². The van der Waals surface area contributed by atoms with Gasteiger partial charge < -0.3 is 15.7 Å². The molecule has 116 valence electrons. The Bertz CT molecular complexity index is 538. The van der Waals surface area contributed by atoms with E-state index in [-0.39, 0.29) is 6.42 Å². The molecule has 0 aliphatic carbocycles. The zero-order valence-corrected chi connectivity index (χ0v) is 11.3. The molecule has 0 fully saturated rings. The van der Waals surface area contributed by atoms with Gasteiger partial charge in [-0.05, 0) is 18.6 Å². The lowest BCUT2D eigenvalue weighted by atomic mass is 10.1. The minimum absolute atomic E-state index is 0.290. The molecule has 0 bridgehead atoms. The molecule has 0 aliphatic rings. The fraction of sp³-hybridized carbons (Fsp3) is 0.385. The van der Waals surface area contributed by atoms with Crippen LogP contribution < -0.4 is 10.6 Å². The van der Waals surface area contributed by atoms with Gasteiger partial charge in [0, 0.05) is 6.04 Å². The minimum atomic E-state index is -1.69. The van der Waals surface area contributed by atoms with Gasteiger partial charge in [-0.3, -0.25) is 4.79 Å². The second-order valence-electron chi connectivity index (χ2n) is 4.40. The van der Waals surface area contributed by atoms with Crippen molar-refractivity contribution in [2.75, 3.05) is 5.32 Å². The Morgan fingerprint density at radius 2 is 1.90 bits per heavy atom. The Morgan fingerprint density at radius 1 is 1.24 bits per heavy atom. The Labute approximate surface area is 119 Å². The van der Waals surface area contributed by atoms with Crippen molar-refractivity contribution < 1.29 is 27.9 Å². The number of halogens is 3. The standard InChI is InChI=1S/C13H15F3N2O3/c1-2-3-7(6-10(19)20)17-13(21)18-9-5-4-8(14)11(15)12(9)16/h4-5,7H,2-3,6H2,1H3,(H,19,20)(H2,17,18,21). The summed E-state index contributed by atoms with van der Waals surface area (Å²) < 4.78 is 39.1. The number of carbonyl (C=O) groups excluding carboxylic acids is 1. The van der Waals surface area contributed by atoms with Crippen LogP contribution >= 0.6 is 0 Å². The summed E-state index contributed by atoms with van der Waals surface area (Å²) in [5.41, 5.74) is -0.531. The van der Waals surface area contributed by atoms with E-state index < -0.39 is 41.2 Å². The van der Waals surface area contributed by atoms with Crippen LogP contribution in [0.1, 0.15) is 26.2 Å². The SMILES string of the molecule is CCCC(CC(=O)O)NC(=O)Nc1ccc(F)c(F)c1F. The van der Waals surface area contributed by atoms with Crippen LogP contribution in [0.4, 0.5) is 23.7 Å². The van der Waals surface area contributed by atoms with Crippen molar-refractivity contribution in [3.63, 3.8) is 0 Å². The number of carbonyl (C=O) groups is 2. The van der Waals surface area contributed by atoms with Crippen molar-refractivity contribution in [1.29, 1.82) is 0 Å². The first kappa shape index (κ1) is 16.8. The quantitative estimate of drug-likeness (QED) is 0.707. The predicted octanol–water partition coefficient (Wildman–Crippen LogP) is 2.87. The molecule has 0 aliphatic heterocycles. The van der Waals surface area contributed by atoms with E-state index >= 15 is 0 Å². The Hall–Kier alpha value is -2.25. The fourth-order valence-corrected chi connectivity index (χ4v) is 1.75. The lowest BCUT2D eigenvalue weighted by Gasteiger charge is -2.17. The minimum Gasteiger partial charge on any atom is -0.481 e. The van der Waals surface area contributed by atoms with Crippen LogP contribution in [-0.2, 0) is 4.79 Å². The highest BCUT2D eigenvalue weighted by atomic mass is 19.2. The van der Waals surface area contributed by atoms with E-state index in [9.17, 15) is 22.8 Å². The number of benzene rings is 1. The van der Waals surface area contributed by atoms with E-state index in [0.29, 0.717) is 18.9 Å². The van der Waals surface area contributed by atoms with Gasteiger partial charge in [-0.1, -0.05) is 13.3 Å². The number of nitrogens with one attached hydrogen (secondary N) is 2. The van der Waals surface area contributed by atoms with Gasteiger partial charge >= 0.3 is 12.0 Å². The maximum Gasteiger partial charge on any atom is 0.319 e. The third-order valence-electron chi connectivity index (χ3n) is 2.68. The van der Waals surface area contributed by atoms with Crippen LogP contribution in [0.15, 0.2) is 12.1 Å². The molecule has 1 aromatic rings. The van der Waals surface area contributed by atoms with Crippen molar-refractivity contribution in [2.45, 2.75) is 32.2 Å². The van der Waals surface area contributed by atoms with Gasteiger partial charge in [0.05, 0.1) is 12.1 Å². The highest BCUT2D eigenvalue weighted by molar-refractivity contribution is 5.89. The first-order valence-corrected chi connectivity index (χ1v) is 6.28. The maximum atomic E-state index is 13.4. The van der Waals surface area contributed by atoms with E-state index in [0.717, 1.165) is 6.07 Å². The third-order valence-corrected chi connectivity index (χ3v) is 2.68. The molecule has 5 nitrogen and oxygen atoms in total. The van der Waals surface area contributed by atoms with Gasteiger partial charge in [-0.2, -0.15) is 0 Å². The molecule has 0 radical (unpaired) electrons. The normalized spacial score (nSPS) is 11.8.